The summed E-state index contributed by atoms with van der Waals surface area (Å²) in [5, 5.41) is 1.88. The van der Waals surface area contributed by atoms with Crippen LogP contribution in [0.1, 0.15) is 19.3 Å². The van der Waals surface area contributed by atoms with Crippen molar-refractivity contribution in [2.45, 2.75) is 25.3 Å². The van der Waals surface area contributed by atoms with Crippen molar-refractivity contribution in [1.29, 1.82) is 0 Å². The van der Waals surface area contributed by atoms with Gasteiger partial charge in [-0.1, -0.05) is 6.08 Å². The molecule has 1 nitrogen and oxygen atoms in total. The Morgan fingerprint density at radius 3 is 2.73 bits per heavy atom. The molecule has 11 heavy (non-hydrogen) atoms. The van der Waals surface area contributed by atoms with Crippen molar-refractivity contribution in [2.75, 3.05) is 13.6 Å². The van der Waals surface area contributed by atoms with Crippen LogP contribution in [0.3, 0.4) is 0 Å². The molecule has 1 spiro atoms. The molecule has 1 aliphatic heterocycles. The normalized spacial score (nSPS) is 35.6. The second-order valence-corrected chi connectivity index (χ2v) is 4.33. The Morgan fingerprint density at radius 2 is 2.27 bits per heavy atom. The zero-order valence-electron chi connectivity index (χ0n) is 6.95. The van der Waals surface area contributed by atoms with Crippen LogP contribution in [0.15, 0.2) is 11.5 Å². The van der Waals surface area contributed by atoms with Gasteiger partial charge in [-0.25, -0.2) is 0 Å². The summed E-state index contributed by atoms with van der Waals surface area (Å²) < 4.78 is 0. The van der Waals surface area contributed by atoms with E-state index in [1.807, 2.05) is 5.41 Å². The summed E-state index contributed by atoms with van der Waals surface area (Å²) in [5.74, 6) is 0. The standard InChI is InChI=1S/C9H15NS/c1-10-7-9(3-4-9)6-8(10)2-5-11/h2,5,8,11H,3-4,6-7H2,1H3/b5-2+. The van der Waals surface area contributed by atoms with Gasteiger partial charge in [-0.15, -0.1) is 0 Å². The fourth-order valence-corrected chi connectivity index (χ4v) is 2.36. The maximum absolute atomic E-state index is 4.11. The van der Waals surface area contributed by atoms with Gasteiger partial charge >= 0.3 is 0 Å². The van der Waals surface area contributed by atoms with Crippen molar-refractivity contribution in [3.8, 4) is 0 Å². The number of nitrogens with zero attached hydrogens (tertiary/aromatic N) is 1. The molecule has 0 amide bonds. The van der Waals surface area contributed by atoms with Gasteiger partial charge in [0, 0.05) is 12.6 Å². The highest BCUT2D eigenvalue weighted by atomic mass is 32.1. The monoisotopic (exact) mass is 169 g/mol. The highest BCUT2D eigenvalue weighted by molar-refractivity contribution is 7.83. The summed E-state index contributed by atoms with van der Waals surface area (Å²) >= 11 is 4.11. The molecule has 1 saturated heterocycles. The van der Waals surface area contributed by atoms with Crippen LogP contribution in [0.25, 0.3) is 0 Å². The molecule has 0 aromatic rings. The van der Waals surface area contributed by atoms with Crippen LogP contribution >= 0.6 is 12.6 Å². The van der Waals surface area contributed by atoms with E-state index in [0.717, 1.165) is 5.41 Å². The van der Waals surface area contributed by atoms with E-state index in [1.165, 1.54) is 25.8 Å². The second kappa shape index (κ2) is 2.53. The third kappa shape index (κ3) is 1.34. The van der Waals surface area contributed by atoms with Gasteiger partial charge in [-0.05, 0) is 37.1 Å². The Balaban J connectivity index is 2.02. The number of likely N-dealkylation sites (N-methyl/N-ethyl adjacent to an activating group) is 1. The van der Waals surface area contributed by atoms with Gasteiger partial charge in [0.15, 0.2) is 0 Å². The fourth-order valence-electron chi connectivity index (χ4n) is 2.16. The maximum Gasteiger partial charge on any atom is 0.0289 e. The predicted octanol–water partition coefficient (Wildman–Crippen LogP) is 1.91. The minimum atomic E-state index is 0.662. The first-order valence-corrected chi connectivity index (χ1v) is 4.79. The molecule has 1 heterocycles. The van der Waals surface area contributed by atoms with Crippen LogP contribution in [0.2, 0.25) is 0 Å². The summed E-state index contributed by atoms with van der Waals surface area (Å²) in [7, 11) is 2.21. The minimum absolute atomic E-state index is 0.662. The van der Waals surface area contributed by atoms with E-state index < -0.39 is 0 Å². The van der Waals surface area contributed by atoms with Crippen LogP contribution in [0, 0.1) is 5.41 Å². The van der Waals surface area contributed by atoms with Gasteiger partial charge in [0.25, 0.3) is 0 Å². The van der Waals surface area contributed by atoms with Crippen molar-refractivity contribution in [2.24, 2.45) is 5.41 Å². The van der Waals surface area contributed by atoms with Crippen molar-refractivity contribution in [3.05, 3.63) is 11.5 Å². The number of hydrogen-bond donors (Lipinski definition) is 1. The molecule has 2 fully saturated rings. The first-order chi connectivity index (χ1) is 5.26. The number of likely N-dealkylation sites (tertiary alicyclic amines) is 1. The van der Waals surface area contributed by atoms with E-state index in [4.69, 9.17) is 0 Å². The molecule has 0 aromatic heterocycles. The molecule has 1 saturated carbocycles. The first kappa shape index (κ1) is 7.69. The summed E-state index contributed by atoms with van der Waals surface area (Å²) in [4.78, 5) is 2.44. The number of hydrogen-bond acceptors (Lipinski definition) is 2. The van der Waals surface area contributed by atoms with E-state index in [9.17, 15) is 0 Å². The van der Waals surface area contributed by atoms with Gasteiger partial charge in [0.1, 0.15) is 0 Å². The smallest absolute Gasteiger partial charge is 0.0289 e. The van der Waals surface area contributed by atoms with Crippen LogP contribution in [0.4, 0.5) is 0 Å². The Labute approximate surface area is 73.9 Å². The zero-order chi connectivity index (χ0) is 7.90. The Morgan fingerprint density at radius 1 is 1.55 bits per heavy atom. The van der Waals surface area contributed by atoms with Crippen molar-refractivity contribution >= 4 is 12.6 Å². The Hall–Kier alpha value is 0.0500. The van der Waals surface area contributed by atoms with Crippen LogP contribution in [0.5, 0.6) is 0 Å². The SMILES string of the molecule is CN1CC2(CC2)CC1/C=C/S. The molecular formula is C9H15NS. The zero-order valence-corrected chi connectivity index (χ0v) is 7.85. The molecule has 2 heteroatoms. The lowest BCUT2D eigenvalue weighted by Gasteiger charge is -2.13. The third-order valence-electron chi connectivity index (χ3n) is 3.06. The molecule has 1 unspecified atom stereocenters. The second-order valence-electron chi connectivity index (χ2n) is 4.03. The van der Waals surface area contributed by atoms with E-state index in [1.54, 1.807) is 0 Å². The molecule has 0 aromatic carbocycles. The van der Waals surface area contributed by atoms with Gasteiger partial charge in [0.2, 0.25) is 0 Å². The molecule has 0 bridgehead atoms. The summed E-state index contributed by atoms with van der Waals surface area (Å²) in [5.41, 5.74) is 0.729. The third-order valence-corrected chi connectivity index (χ3v) is 3.23. The highest BCUT2D eigenvalue weighted by Crippen LogP contribution is 2.54. The van der Waals surface area contributed by atoms with Crippen molar-refractivity contribution < 1.29 is 0 Å². The van der Waals surface area contributed by atoms with Crippen LogP contribution in [-0.2, 0) is 0 Å². The lowest BCUT2D eigenvalue weighted by Crippen LogP contribution is -2.22. The summed E-state index contributed by atoms with van der Waals surface area (Å²) in [6.45, 7) is 1.30. The summed E-state index contributed by atoms with van der Waals surface area (Å²) in [6.07, 6.45) is 6.47. The van der Waals surface area contributed by atoms with Crippen molar-refractivity contribution in [1.82, 2.24) is 4.90 Å². The lowest BCUT2D eigenvalue weighted by atomic mass is 10.0. The van der Waals surface area contributed by atoms with Crippen molar-refractivity contribution in [3.63, 3.8) is 0 Å². The van der Waals surface area contributed by atoms with E-state index >= 15 is 0 Å². The largest absolute Gasteiger partial charge is 0.299 e. The summed E-state index contributed by atoms with van der Waals surface area (Å²) in [6, 6.07) is 0.662. The average Bonchev–Trinajstić information content (AvgIpc) is 2.61. The van der Waals surface area contributed by atoms with Gasteiger partial charge in [-0.2, -0.15) is 12.6 Å². The van der Waals surface area contributed by atoms with Gasteiger partial charge in [0.05, 0.1) is 0 Å². The molecule has 1 aliphatic carbocycles. The number of thiol groups is 1. The molecule has 62 valence electrons. The molecule has 0 N–H and O–H groups in total. The molecule has 2 aliphatic rings. The van der Waals surface area contributed by atoms with E-state index in [2.05, 4.69) is 30.7 Å². The number of rotatable bonds is 1. The van der Waals surface area contributed by atoms with Gasteiger partial charge < -0.3 is 0 Å². The Bertz CT molecular complexity index is 184. The first-order valence-electron chi connectivity index (χ1n) is 4.27. The Kier molecular flexibility index (Phi) is 1.77. The molecule has 2 rings (SSSR count). The predicted molar refractivity (Wildman–Crippen MR) is 50.8 cm³/mol. The average molecular weight is 169 g/mol. The van der Waals surface area contributed by atoms with Crippen LogP contribution < -0.4 is 0 Å². The maximum atomic E-state index is 4.11. The highest BCUT2D eigenvalue weighted by Gasteiger charge is 2.49. The molecule has 0 radical (unpaired) electrons. The molecule has 1 atom stereocenters. The quantitative estimate of drug-likeness (QED) is 0.587. The van der Waals surface area contributed by atoms with E-state index in [0.29, 0.717) is 6.04 Å². The van der Waals surface area contributed by atoms with E-state index in [-0.39, 0.29) is 0 Å². The van der Waals surface area contributed by atoms with Gasteiger partial charge in [-0.3, -0.25) is 4.90 Å². The fraction of sp³-hybridized carbons (Fsp3) is 0.778. The topological polar surface area (TPSA) is 3.24 Å². The minimum Gasteiger partial charge on any atom is -0.299 e. The molecular weight excluding hydrogens is 154 g/mol. The lowest BCUT2D eigenvalue weighted by molar-refractivity contribution is 0.346. The van der Waals surface area contributed by atoms with Crippen LogP contribution in [-0.4, -0.2) is 24.5 Å².